The number of nitrogens with zero attached hydrogens (tertiary/aromatic N) is 4. The summed E-state index contributed by atoms with van der Waals surface area (Å²) in [6, 6.07) is 10.1. The summed E-state index contributed by atoms with van der Waals surface area (Å²) in [5.74, 6) is 7.94. The highest BCUT2D eigenvalue weighted by molar-refractivity contribution is 5.90. The van der Waals surface area contributed by atoms with E-state index in [1.165, 1.54) is 0 Å². The Morgan fingerprint density at radius 1 is 1.16 bits per heavy atom. The number of aryl methyl sites for hydroxylation is 1. The minimum Gasteiger partial charge on any atom is -0.382 e. The van der Waals surface area contributed by atoms with Crippen LogP contribution in [-0.4, -0.2) is 52.2 Å². The summed E-state index contributed by atoms with van der Waals surface area (Å²) in [7, 11) is 0. The van der Waals surface area contributed by atoms with E-state index in [0.29, 0.717) is 19.2 Å². The Labute approximate surface area is 190 Å². The smallest absolute Gasteiger partial charge is 0.151 e. The van der Waals surface area contributed by atoms with Crippen molar-refractivity contribution in [1.82, 2.24) is 24.8 Å². The Bertz CT molecular complexity index is 1080. The molecule has 7 heteroatoms. The van der Waals surface area contributed by atoms with Crippen molar-refractivity contribution in [3.8, 4) is 11.8 Å². The minimum atomic E-state index is 0.368. The van der Waals surface area contributed by atoms with Crippen molar-refractivity contribution in [3.05, 3.63) is 53.5 Å². The molecule has 1 saturated heterocycles. The number of hydrogen-bond acceptors (Lipinski definition) is 6. The van der Waals surface area contributed by atoms with Crippen LogP contribution < -0.4 is 11.1 Å². The number of aromatic nitrogens is 3. The lowest BCUT2D eigenvalue weighted by Gasteiger charge is -2.24. The lowest BCUT2D eigenvalue weighted by atomic mass is 10.2. The molecule has 2 aromatic heterocycles. The van der Waals surface area contributed by atoms with Gasteiger partial charge < -0.3 is 20.4 Å². The molecular weight excluding hydrogens is 400 g/mol. The first-order valence-corrected chi connectivity index (χ1v) is 11.4. The zero-order chi connectivity index (χ0) is 22.2. The standard InChI is InChI=1S/C25H32N6O/c1-2-3-11-22-28-23-21(10-7-14-30-15-12-27-13-16-30)17-31(24(23)25(26)29-22)19-32-18-20-8-5-4-6-9-20/h4-6,8-9,17,27H,2-3,11-16,18-19H2,1H3,(H2,26,28,29). The van der Waals surface area contributed by atoms with E-state index in [1.54, 1.807) is 0 Å². The van der Waals surface area contributed by atoms with Crippen molar-refractivity contribution in [3.63, 3.8) is 0 Å². The van der Waals surface area contributed by atoms with Crippen molar-refractivity contribution in [2.45, 2.75) is 39.5 Å². The predicted molar refractivity (Wildman–Crippen MR) is 128 cm³/mol. The summed E-state index contributed by atoms with van der Waals surface area (Å²) in [6.07, 6.45) is 4.94. The lowest BCUT2D eigenvalue weighted by Crippen LogP contribution is -2.43. The maximum atomic E-state index is 6.38. The van der Waals surface area contributed by atoms with Crippen LogP contribution >= 0.6 is 0 Å². The maximum Gasteiger partial charge on any atom is 0.151 e. The highest BCUT2D eigenvalue weighted by Crippen LogP contribution is 2.24. The second-order valence-corrected chi connectivity index (χ2v) is 8.13. The van der Waals surface area contributed by atoms with Gasteiger partial charge in [-0.3, -0.25) is 4.90 Å². The Balaban J connectivity index is 1.57. The largest absolute Gasteiger partial charge is 0.382 e. The maximum absolute atomic E-state index is 6.38. The molecule has 0 radical (unpaired) electrons. The van der Waals surface area contributed by atoms with Gasteiger partial charge in [0.05, 0.1) is 18.7 Å². The van der Waals surface area contributed by atoms with E-state index in [4.69, 9.17) is 15.5 Å². The van der Waals surface area contributed by atoms with Gasteiger partial charge in [0.15, 0.2) is 5.82 Å². The number of nitrogens with two attached hydrogens (primary N) is 1. The quantitative estimate of drug-likeness (QED) is 0.533. The third-order valence-corrected chi connectivity index (χ3v) is 5.62. The van der Waals surface area contributed by atoms with Crippen molar-refractivity contribution in [1.29, 1.82) is 0 Å². The molecule has 3 heterocycles. The number of benzene rings is 1. The topological polar surface area (TPSA) is 81.2 Å². The molecule has 0 amide bonds. The fourth-order valence-electron chi connectivity index (χ4n) is 3.86. The van der Waals surface area contributed by atoms with Crippen LogP contribution in [0.25, 0.3) is 11.0 Å². The van der Waals surface area contributed by atoms with E-state index in [9.17, 15) is 0 Å². The molecule has 1 aromatic carbocycles. The van der Waals surface area contributed by atoms with Crippen molar-refractivity contribution >= 4 is 16.9 Å². The number of nitrogens with one attached hydrogen (secondary N) is 1. The third-order valence-electron chi connectivity index (χ3n) is 5.62. The Morgan fingerprint density at radius 3 is 2.75 bits per heavy atom. The number of ether oxygens (including phenoxy) is 1. The van der Waals surface area contributed by atoms with Gasteiger partial charge in [-0.25, -0.2) is 9.97 Å². The number of hydrogen-bond donors (Lipinski definition) is 2. The normalized spacial score (nSPS) is 14.4. The van der Waals surface area contributed by atoms with Crippen LogP contribution in [0.2, 0.25) is 0 Å². The first-order chi connectivity index (χ1) is 15.7. The highest BCUT2D eigenvalue weighted by Gasteiger charge is 2.15. The summed E-state index contributed by atoms with van der Waals surface area (Å²) in [5.41, 5.74) is 10.0. The molecule has 0 spiro atoms. The molecule has 168 valence electrons. The number of rotatable bonds is 8. The van der Waals surface area contributed by atoms with E-state index in [1.807, 2.05) is 29.0 Å². The number of nitrogen functional groups attached to an aromatic ring is 1. The fraction of sp³-hybridized carbons (Fsp3) is 0.440. The SMILES string of the molecule is CCCCc1nc(N)c2c(n1)c(C#CCN1CCNCC1)cn2COCc1ccccc1. The Kier molecular flexibility index (Phi) is 7.73. The van der Waals surface area contributed by atoms with E-state index < -0.39 is 0 Å². The molecule has 7 nitrogen and oxygen atoms in total. The molecule has 0 atom stereocenters. The molecule has 0 saturated carbocycles. The zero-order valence-corrected chi connectivity index (χ0v) is 18.8. The molecule has 0 unspecified atom stereocenters. The summed E-state index contributed by atoms with van der Waals surface area (Å²) < 4.78 is 7.94. The van der Waals surface area contributed by atoms with Crippen LogP contribution in [0.5, 0.6) is 0 Å². The lowest BCUT2D eigenvalue weighted by molar-refractivity contribution is 0.0668. The van der Waals surface area contributed by atoms with E-state index >= 15 is 0 Å². The zero-order valence-electron chi connectivity index (χ0n) is 18.8. The Morgan fingerprint density at radius 2 is 1.97 bits per heavy atom. The number of piperazine rings is 1. The van der Waals surface area contributed by atoms with Crippen molar-refractivity contribution in [2.24, 2.45) is 0 Å². The molecule has 4 rings (SSSR count). The van der Waals surface area contributed by atoms with Gasteiger partial charge in [0.1, 0.15) is 23.6 Å². The van der Waals surface area contributed by atoms with Gasteiger partial charge in [-0.1, -0.05) is 55.5 Å². The molecule has 32 heavy (non-hydrogen) atoms. The molecule has 3 aromatic rings. The monoisotopic (exact) mass is 432 g/mol. The summed E-state index contributed by atoms with van der Waals surface area (Å²) in [6.45, 7) is 7.90. The van der Waals surface area contributed by atoms with Crippen LogP contribution in [0, 0.1) is 11.8 Å². The van der Waals surface area contributed by atoms with Gasteiger partial charge in [0.25, 0.3) is 0 Å². The molecular formula is C25H32N6O. The van der Waals surface area contributed by atoms with Crippen molar-refractivity contribution < 1.29 is 4.74 Å². The molecule has 1 aliphatic rings. The molecule has 1 fully saturated rings. The van der Waals surface area contributed by atoms with Gasteiger partial charge in [0.2, 0.25) is 0 Å². The van der Waals surface area contributed by atoms with Gasteiger partial charge in [-0.15, -0.1) is 0 Å². The van der Waals surface area contributed by atoms with Crippen LogP contribution in [0.15, 0.2) is 36.5 Å². The molecule has 1 aliphatic heterocycles. The van der Waals surface area contributed by atoms with Gasteiger partial charge in [-0.05, 0) is 12.0 Å². The third kappa shape index (κ3) is 5.65. The van der Waals surface area contributed by atoms with Crippen molar-refractivity contribution in [2.75, 3.05) is 38.5 Å². The second-order valence-electron chi connectivity index (χ2n) is 8.13. The van der Waals surface area contributed by atoms with Crippen LogP contribution in [0.1, 0.15) is 36.7 Å². The number of anilines is 1. The molecule has 3 N–H and O–H groups in total. The average Bonchev–Trinajstić information content (AvgIpc) is 3.17. The van der Waals surface area contributed by atoms with Crippen LogP contribution in [-0.2, 0) is 24.5 Å². The summed E-state index contributed by atoms with van der Waals surface area (Å²) >= 11 is 0. The average molecular weight is 433 g/mol. The number of fused-ring (bicyclic) bond motifs is 1. The van der Waals surface area contributed by atoms with Gasteiger partial charge >= 0.3 is 0 Å². The highest BCUT2D eigenvalue weighted by atomic mass is 16.5. The summed E-state index contributed by atoms with van der Waals surface area (Å²) in [4.78, 5) is 11.8. The molecule has 0 aliphatic carbocycles. The van der Waals surface area contributed by atoms with Gasteiger partial charge in [0, 0.05) is 38.8 Å². The second kappa shape index (κ2) is 11.1. The minimum absolute atomic E-state index is 0.368. The van der Waals surface area contributed by atoms with E-state index in [0.717, 1.165) is 80.0 Å². The van der Waals surface area contributed by atoms with E-state index in [2.05, 4.69) is 46.1 Å². The van der Waals surface area contributed by atoms with Crippen LogP contribution in [0.4, 0.5) is 5.82 Å². The number of unbranched alkanes of at least 4 members (excludes halogenated alkanes) is 1. The first-order valence-electron chi connectivity index (χ1n) is 11.4. The fourth-order valence-corrected chi connectivity index (χ4v) is 3.86. The van der Waals surface area contributed by atoms with Gasteiger partial charge in [-0.2, -0.15) is 0 Å². The first kappa shape index (κ1) is 22.3. The summed E-state index contributed by atoms with van der Waals surface area (Å²) in [5, 5.41) is 3.37. The predicted octanol–water partition coefficient (Wildman–Crippen LogP) is 2.79. The van der Waals surface area contributed by atoms with Crippen LogP contribution in [0.3, 0.4) is 0 Å². The molecule has 0 bridgehead atoms. The Hall–Kier alpha value is -2.92. The van der Waals surface area contributed by atoms with E-state index in [-0.39, 0.29) is 0 Å².